The number of esters is 1. The van der Waals surface area contributed by atoms with Gasteiger partial charge in [-0.3, -0.25) is 9.59 Å². The van der Waals surface area contributed by atoms with Gasteiger partial charge in [0.1, 0.15) is 0 Å². The van der Waals surface area contributed by atoms with Crippen LogP contribution in [0.25, 0.3) is 0 Å². The molecule has 0 aliphatic rings. The highest BCUT2D eigenvalue weighted by Gasteiger charge is 2.09. The number of hydrogen-bond acceptors (Lipinski definition) is 4. The number of thiophene rings is 1. The number of carbonyl (C=O) groups is 2. The Morgan fingerprint density at radius 3 is 2.82 bits per heavy atom. The number of nitrogens with one attached hydrogen (secondary N) is 1. The van der Waals surface area contributed by atoms with Crippen molar-refractivity contribution in [2.75, 3.05) is 11.9 Å². The third-order valence-electron chi connectivity index (χ3n) is 3.02. The maximum atomic E-state index is 11.8. The molecular formula is C16H16BrNO3S. The number of carbonyl (C=O) groups excluding carboxylic acids is 2. The molecule has 0 fully saturated rings. The fourth-order valence-corrected chi connectivity index (χ4v) is 3.03. The lowest BCUT2D eigenvalue weighted by Gasteiger charge is -2.09. The Balaban J connectivity index is 1.74. The summed E-state index contributed by atoms with van der Waals surface area (Å²) in [6.45, 7) is 1.63. The molecule has 2 rings (SSSR count). The molecule has 1 amide bonds. The van der Waals surface area contributed by atoms with Crippen molar-refractivity contribution in [2.24, 2.45) is 0 Å². The van der Waals surface area contributed by atoms with E-state index in [1.54, 1.807) is 17.4 Å². The molecule has 116 valence electrons. The lowest BCUT2D eigenvalue weighted by Crippen LogP contribution is -2.21. The molecule has 1 heterocycles. The fraction of sp³-hybridized carbons (Fsp3) is 0.250. The quantitative estimate of drug-likeness (QED) is 0.771. The van der Waals surface area contributed by atoms with E-state index < -0.39 is 0 Å². The van der Waals surface area contributed by atoms with E-state index >= 15 is 0 Å². The first-order valence-corrected chi connectivity index (χ1v) is 8.51. The van der Waals surface area contributed by atoms with E-state index in [0.29, 0.717) is 12.1 Å². The minimum atomic E-state index is -0.367. The first-order valence-electron chi connectivity index (χ1n) is 6.77. The van der Waals surface area contributed by atoms with E-state index in [0.717, 1.165) is 15.6 Å². The van der Waals surface area contributed by atoms with Crippen LogP contribution in [0, 0.1) is 6.92 Å². The second-order valence-corrected chi connectivity index (χ2v) is 6.50. The van der Waals surface area contributed by atoms with E-state index in [1.807, 2.05) is 35.9 Å². The highest BCUT2D eigenvalue weighted by Crippen LogP contribution is 2.19. The maximum Gasteiger partial charge on any atom is 0.306 e. The summed E-state index contributed by atoms with van der Waals surface area (Å²) in [4.78, 5) is 23.4. The van der Waals surface area contributed by atoms with Gasteiger partial charge in [-0.2, -0.15) is 11.3 Å². The molecule has 0 radical (unpaired) electrons. The zero-order valence-corrected chi connectivity index (χ0v) is 14.5. The third-order valence-corrected chi connectivity index (χ3v) is 4.25. The molecular weight excluding hydrogens is 366 g/mol. The first-order chi connectivity index (χ1) is 10.5. The molecule has 0 saturated carbocycles. The molecule has 4 nitrogen and oxygen atoms in total. The van der Waals surface area contributed by atoms with Gasteiger partial charge >= 0.3 is 5.97 Å². The molecule has 0 saturated heterocycles. The van der Waals surface area contributed by atoms with E-state index in [4.69, 9.17) is 4.74 Å². The van der Waals surface area contributed by atoms with Gasteiger partial charge in [0.25, 0.3) is 5.91 Å². The maximum absolute atomic E-state index is 11.8. The van der Waals surface area contributed by atoms with Crippen LogP contribution >= 0.6 is 27.3 Å². The van der Waals surface area contributed by atoms with Crippen LogP contribution in [0.15, 0.2) is 39.5 Å². The molecule has 22 heavy (non-hydrogen) atoms. The van der Waals surface area contributed by atoms with Crippen LogP contribution in [0.3, 0.4) is 0 Å². The summed E-state index contributed by atoms with van der Waals surface area (Å²) in [5.74, 6) is -0.705. The Morgan fingerprint density at radius 2 is 2.14 bits per heavy atom. The highest BCUT2D eigenvalue weighted by atomic mass is 79.9. The van der Waals surface area contributed by atoms with Gasteiger partial charge in [-0.25, -0.2) is 0 Å². The molecule has 0 bridgehead atoms. The molecule has 6 heteroatoms. The second kappa shape index (κ2) is 8.10. The highest BCUT2D eigenvalue weighted by molar-refractivity contribution is 9.10. The Morgan fingerprint density at radius 1 is 1.32 bits per heavy atom. The van der Waals surface area contributed by atoms with Crippen molar-refractivity contribution >= 4 is 44.8 Å². The number of benzene rings is 1. The summed E-state index contributed by atoms with van der Waals surface area (Å²) in [6, 6.07) is 7.52. The summed E-state index contributed by atoms with van der Waals surface area (Å²) >= 11 is 4.96. The number of anilines is 1. The predicted octanol–water partition coefficient (Wildman–Crippen LogP) is 3.93. The largest absolute Gasteiger partial charge is 0.456 e. The summed E-state index contributed by atoms with van der Waals surface area (Å²) in [6.07, 6.45) is 0.914. The second-order valence-electron chi connectivity index (χ2n) is 4.80. The summed E-state index contributed by atoms with van der Waals surface area (Å²) in [5, 5.41) is 6.69. The lowest BCUT2D eigenvalue weighted by molar-refractivity contribution is -0.147. The SMILES string of the molecule is Cc1cc(Br)ccc1NC(=O)COC(=O)CCc1ccsc1. The molecule has 0 unspecified atom stereocenters. The number of rotatable bonds is 6. The van der Waals surface area contributed by atoms with Gasteiger partial charge in [0.05, 0.1) is 0 Å². The van der Waals surface area contributed by atoms with Crippen molar-refractivity contribution in [3.63, 3.8) is 0 Å². The van der Waals surface area contributed by atoms with Crippen molar-refractivity contribution in [3.05, 3.63) is 50.6 Å². The van der Waals surface area contributed by atoms with Crippen LogP contribution in [0.5, 0.6) is 0 Å². The van der Waals surface area contributed by atoms with Gasteiger partial charge in [-0.1, -0.05) is 15.9 Å². The van der Waals surface area contributed by atoms with E-state index in [1.165, 1.54) is 0 Å². The summed E-state index contributed by atoms with van der Waals surface area (Å²) < 4.78 is 5.93. The monoisotopic (exact) mass is 381 g/mol. The first kappa shape index (κ1) is 16.7. The van der Waals surface area contributed by atoms with Crippen molar-refractivity contribution < 1.29 is 14.3 Å². The van der Waals surface area contributed by atoms with Gasteiger partial charge in [0.15, 0.2) is 6.61 Å². The minimum absolute atomic E-state index is 0.266. The Hall–Kier alpha value is -1.66. The lowest BCUT2D eigenvalue weighted by atomic mass is 10.2. The van der Waals surface area contributed by atoms with E-state index in [-0.39, 0.29) is 24.9 Å². The Bertz CT molecular complexity index is 655. The van der Waals surface area contributed by atoms with E-state index in [9.17, 15) is 9.59 Å². The summed E-state index contributed by atoms with van der Waals surface area (Å²) in [7, 11) is 0. The van der Waals surface area contributed by atoms with Crippen LogP contribution in [0.1, 0.15) is 17.5 Å². The van der Waals surface area contributed by atoms with Crippen molar-refractivity contribution in [2.45, 2.75) is 19.8 Å². The number of halogens is 1. The molecule has 0 aliphatic carbocycles. The number of amides is 1. The van der Waals surface area contributed by atoms with Gasteiger partial charge in [-0.15, -0.1) is 0 Å². The molecule has 1 aromatic carbocycles. The van der Waals surface area contributed by atoms with Crippen LogP contribution in [0.4, 0.5) is 5.69 Å². The van der Waals surface area contributed by atoms with Gasteiger partial charge < -0.3 is 10.1 Å². The van der Waals surface area contributed by atoms with Crippen molar-refractivity contribution in [3.8, 4) is 0 Å². The zero-order valence-electron chi connectivity index (χ0n) is 12.1. The molecule has 0 spiro atoms. The average Bonchev–Trinajstić information content (AvgIpc) is 2.99. The van der Waals surface area contributed by atoms with Crippen LogP contribution in [0.2, 0.25) is 0 Å². The Labute approximate surface area is 141 Å². The van der Waals surface area contributed by atoms with Crippen LogP contribution < -0.4 is 5.32 Å². The third kappa shape index (κ3) is 5.27. The molecule has 0 aliphatic heterocycles. The molecule has 0 atom stereocenters. The standard InChI is InChI=1S/C16H16BrNO3S/c1-11-8-13(17)3-4-14(11)18-15(19)9-21-16(20)5-2-12-6-7-22-10-12/h3-4,6-8,10H,2,5,9H2,1H3,(H,18,19). The van der Waals surface area contributed by atoms with Crippen LogP contribution in [-0.4, -0.2) is 18.5 Å². The fourth-order valence-electron chi connectivity index (χ4n) is 1.85. The number of hydrogen-bond donors (Lipinski definition) is 1. The number of aryl methyl sites for hydroxylation is 2. The van der Waals surface area contributed by atoms with Crippen LogP contribution in [-0.2, 0) is 20.7 Å². The molecule has 1 aromatic heterocycles. The van der Waals surface area contributed by atoms with Gasteiger partial charge in [-0.05, 0) is 59.5 Å². The predicted molar refractivity (Wildman–Crippen MR) is 91.1 cm³/mol. The minimum Gasteiger partial charge on any atom is -0.456 e. The Kier molecular flexibility index (Phi) is 6.15. The normalized spacial score (nSPS) is 10.3. The molecule has 1 N–H and O–H groups in total. The molecule has 2 aromatic rings. The van der Waals surface area contributed by atoms with E-state index in [2.05, 4.69) is 21.2 Å². The summed E-state index contributed by atoms with van der Waals surface area (Å²) in [5.41, 5.74) is 2.76. The zero-order chi connectivity index (χ0) is 15.9. The average molecular weight is 382 g/mol. The van der Waals surface area contributed by atoms with Gasteiger partial charge in [0, 0.05) is 16.6 Å². The van der Waals surface area contributed by atoms with Gasteiger partial charge in [0.2, 0.25) is 0 Å². The topological polar surface area (TPSA) is 55.4 Å². The smallest absolute Gasteiger partial charge is 0.306 e. The van der Waals surface area contributed by atoms with Crippen molar-refractivity contribution in [1.29, 1.82) is 0 Å². The van der Waals surface area contributed by atoms with Crippen molar-refractivity contribution in [1.82, 2.24) is 0 Å². The number of ether oxygens (including phenoxy) is 1.